The Kier molecular flexibility index (Phi) is 5.02. The molecule has 0 saturated carbocycles. The van der Waals surface area contributed by atoms with Crippen LogP contribution in [0.4, 0.5) is 0 Å². The van der Waals surface area contributed by atoms with E-state index in [-0.39, 0.29) is 0 Å². The fourth-order valence-electron chi connectivity index (χ4n) is 7.88. The Morgan fingerprint density at radius 3 is 2.02 bits per heavy atom. The lowest BCUT2D eigenvalue weighted by Crippen LogP contribution is -1.96. The standard InChI is InChI=1S/C44H25NOS/c1-4-13-30-26(10-1)20-21-36-34-16-9-17-35(43(34)46-42(30)36)38-25-28(24-27-11-2-3-12-29(27)38)45-39-18-7-5-14-31(39)33-22-23-37-32-15-6-8-19-40(32)47-44(37)41(33)45/h1-25H. The topological polar surface area (TPSA) is 18.1 Å². The molecule has 0 bridgehead atoms. The molecule has 3 heteroatoms. The number of hydrogen-bond donors (Lipinski definition) is 0. The Balaban J connectivity index is 1.27. The zero-order valence-corrected chi connectivity index (χ0v) is 26.0. The van der Waals surface area contributed by atoms with Gasteiger partial charge in [-0.15, -0.1) is 11.3 Å². The van der Waals surface area contributed by atoms with Crippen molar-refractivity contribution in [2.45, 2.75) is 0 Å². The number of thiophene rings is 1. The highest BCUT2D eigenvalue weighted by molar-refractivity contribution is 7.26. The van der Waals surface area contributed by atoms with Crippen molar-refractivity contribution in [2.24, 2.45) is 0 Å². The van der Waals surface area contributed by atoms with Crippen LogP contribution in [-0.4, -0.2) is 4.57 Å². The summed E-state index contributed by atoms with van der Waals surface area (Å²) in [5.74, 6) is 0. The Morgan fingerprint density at radius 2 is 1.11 bits per heavy atom. The Bertz CT molecular complexity index is 3080. The van der Waals surface area contributed by atoms with Gasteiger partial charge in [0.15, 0.2) is 0 Å². The average molecular weight is 616 g/mol. The third-order valence-corrected chi connectivity index (χ3v) is 11.2. The lowest BCUT2D eigenvalue weighted by molar-refractivity contribution is 0.674. The fraction of sp³-hybridized carbons (Fsp3) is 0. The fourth-order valence-corrected chi connectivity index (χ4v) is 9.12. The monoisotopic (exact) mass is 615 g/mol. The van der Waals surface area contributed by atoms with Gasteiger partial charge in [-0.3, -0.25) is 0 Å². The second-order valence-electron chi connectivity index (χ2n) is 12.5. The molecule has 3 heterocycles. The highest BCUT2D eigenvalue weighted by Crippen LogP contribution is 2.45. The number of aromatic nitrogens is 1. The first-order valence-electron chi connectivity index (χ1n) is 16.0. The summed E-state index contributed by atoms with van der Waals surface area (Å²) in [6.07, 6.45) is 0. The van der Waals surface area contributed by atoms with Crippen LogP contribution < -0.4 is 0 Å². The predicted octanol–water partition coefficient (Wildman–Crippen LogP) is 13.0. The quantitative estimate of drug-likeness (QED) is 0.189. The van der Waals surface area contributed by atoms with Crippen LogP contribution in [-0.2, 0) is 0 Å². The highest BCUT2D eigenvalue weighted by atomic mass is 32.1. The van der Waals surface area contributed by atoms with Gasteiger partial charge in [0.05, 0.1) is 15.7 Å². The Hall–Kier alpha value is -5.90. The third-order valence-electron chi connectivity index (χ3n) is 9.96. The van der Waals surface area contributed by atoms with Crippen LogP contribution in [0.1, 0.15) is 0 Å². The molecule has 11 rings (SSSR count). The number of para-hydroxylation sites is 2. The van der Waals surface area contributed by atoms with Crippen molar-refractivity contribution in [2.75, 3.05) is 0 Å². The zero-order chi connectivity index (χ0) is 30.6. The molecule has 2 nitrogen and oxygen atoms in total. The second-order valence-corrected chi connectivity index (χ2v) is 13.5. The molecule has 11 aromatic rings. The minimum atomic E-state index is 0.926. The van der Waals surface area contributed by atoms with Crippen molar-refractivity contribution < 1.29 is 4.42 Å². The van der Waals surface area contributed by atoms with Gasteiger partial charge in [-0.1, -0.05) is 121 Å². The van der Waals surface area contributed by atoms with Crippen molar-refractivity contribution in [1.29, 1.82) is 0 Å². The number of hydrogen-bond acceptors (Lipinski definition) is 2. The van der Waals surface area contributed by atoms with Crippen LogP contribution in [0, 0.1) is 0 Å². The summed E-state index contributed by atoms with van der Waals surface area (Å²) in [6.45, 7) is 0. The van der Waals surface area contributed by atoms with E-state index in [1.165, 1.54) is 63.7 Å². The highest BCUT2D eigenvalue weighted by Gasteiger charge is 2.20. The third kappa shape index (κ3) is 3.44. The molecule has 0 spiro atoms. The van der Waals surface area contributed by atoms with E-state index >= 15 is 0 Å². The number of nitrogens with zero attached hydrogens (tertiary/aromatic N) is 1. The van der Waals surface area contributed by atoms with E-state index in [0.29, 0.717) is 0 Å². The number of furan rings is 1. The van der Waals surface area contributed by atoms with Crippen LogP contribution in [0.2, 0.25) is 0 Å². The van der Waals surface area contributed by atoms with Gasteiger partial charge >= 0.3 is 0 Å². The molecule has 0 aliphatic carbocycles. The lowest BCUT2D eigenvalue weighted by atomic mass is 9.95. The molecule has 0 aliphatic rings. The number of fused-ring (bicyclic) bond motifs is 13. The van der Waals surface area contributed by atoms with E-state index in [4.69, 9.17) is 4.42 Å². The van der Waals surface area contributed by atoms with Gasteiger partial charge in [-0.05, 0) is 52.1 Å². The maximum absolute atomic E-state index is 6.86. The van der Waals surface area contributed by atoms with Crippen molar-refractivity contribution in [1.82, 2.24) is 4.57 Å². The maximum atomic E-state index is 6.86. The molecule has 218 valence electrons. The zero-order valence-electron chi connectivity index (χ0n) is 25.2. The number of rotatable bonds is 2. The van der Waals surface area contributed by atoms with Crippen molar-refractivity contribution in [3.8, 4) is 16.8 Å². The molecule has 0 radical (unpaired) electrons. The molecular weight excluding hydrogens is 591 g/mol. The van der Waals surface area contributed by atoms with E-state index in [9.17, 15) is 0 Å². The van der Waals surface area contributed by atoms with E-state index in [2.05, 4.69) is 156 Å². The van der Waals surface area contributed by atoms with Crippen LogP contribution in [0.3, 0.4) is 0 Å². The van der Waals surface area contributed by atoms with E-state index in [1.54, 1.807) is 0 Å². The van der Waals surface area contributed by atoms with Crippen molar-refractivity contribution in [3.05, 3.63) is 152 Å². The van der Waals surface area contributed by atoms with Crippen molar-refractivity contribution in [3.63, 3.8) is 0 Å². The average Bonchev–Trinajstić information content (AvgIpc) is 3.81. The molecular formula is C44H25NOS. The summed E-state index contributed by atoms with van der Waals surface area (Å²) in [5.41, 5.74) is 7.76. The number of benzene rings is 8. The Labute approximate surface area is 273 Å². The van der Waals surface area contributed by atoms with Crippen LogP contribution in [0.25, 0.3) is 102 Å². The predicted molar refractivity (Wildman–Crippen MR) is 201 cm³/mol. The van der Waals surface area contributed by atoms with E-state index < -0.39 is 0 Å². The largest absolute Gasteiger partial charge is 0.455 e. The summed E-state index contributed by atoms with van der Waals surface area (Å²) in [6, 6.07) is 55.2. The van der Waals surface area contributed by atoms with Gasteiger partial charge in [0, 0.05) is 53.7 Å². The lowest BCUT2D eigenvalue weighted by Gasteiger charge is -2.14. The minimum absolute atomic E-state index is 0.926. The SMILES string of the molecule is c1ccc2c(-c3cccc4c3oc3c5ccccc5ccc43)cc(-n3c4ccccc4c4ccc5c6ccccc6sc5c43)cc2c1. The maximum Gasteiger partial charge on any atom is 0.143 e. The van der Waals surface area contributed by atoms with Gasteiger partial charge in [-0.2, -0.15) is 0 Å². The summed E-state index contributed by atoms with van der Waals surface area (Å²) >= 11 is 1.89. The first-order chi connectivity index (χ1) is 23.3. The second kappa shape index (κ2) is 9.32. The molecule has 0 amide bonds. The summed E-state index contributed by atoms with van der Waals surface area (Å²) in [4.78, 5) is 0. The van der Waals surface area contributed by atoms with Gasteiger partial charge in [0.2, 0.25) is 0 Å². The van der Waals surface area contributed by atoms with Gasteiger partial charge in [-0.25, -0.2) is 0 Å². The van der Waals surface area contributed by atoms with Gasteiger partial charge in [0.1, 0.15) is 11.2 Å². The summed E-state index contributed by atoms with van der Waals surface area (Å²) in [5, 5.41) is 12.2. The molecule has 0 fully saturated rings. The van der Waals surface area contributed by atoms with Crippen LogP contribution >= 0.6 is 11.3 Å². The van der Waals surface area contributed by atoms with Crippen LogP contribution in [0.5, 0.6) is 0 Å². The molecule has 3 aromatic heterocycles. The smallest absolute Gasteiger partial charge is 0.143 e. The molecule has 0 unspecified atom stereocenters. The van der Waals surface area contributed by atoms with Gasteiger partial charge < -0.3 is 8.98 Å². The van der Waals surface area contributed by atoms with E-state index in [1.807, 2.05) is 11.3 Å². The van der Waals surface area contributed by atoms with E-state index in [0.717, 1.165) is 38.6 Å². The molecule has 0 aliphatic heterocycles. The molecule has 0 saturated heterocycles. The van der Waals surface area contributed by atoms with Crippen LogP contribution in [0.15, 0.2) is 156 Å². The molecule has 47 heavy (non-hydrogen) atoms. The Morgan fingerprint density at radius 1 is 0.426 bits per heavy atom. The minimum Gasteiger partial charge on any atom is -0.455 e. The van der Waals surface area contributed by atoms with Gasteiger partial charge in [0.25, 0.3) is 0 Å². The van der Waals surface area contributed by atoms with Crippen molar-refractivity contribution >= 4 is 96.8 Å². The molecule has 0 atom stereocenters. The summed E-state index contributed by atoms with van der Waals surface area (Å²) < 4.78 is 12.0. The molecule has 8 aromatic carbocycles. The first kappa shape index (κ1) is 25.3. The molecule has 0 N–H and O–H groups in total. The normalized spacial score (nSPS) is 12.3. The first-order valence-corrected chi connectivity index (χ1v) is 16.8. The summed E-state index contributed by atoms with van der Waals surface area (Å²) in [7, 11) is 0.